The van der Waals surface area contributed by atoms with E-state index in [0.29, 0.717) is 12.2 Å². The van der Waals surface area contributed by atoms with Gasteiger partial charge < -0.3 is 4.90 Å². The van der Waals surface area contributed by atoms with Crippen LogP contribution in [0.3, 0.4) is 0 Å². The molecule has 0 aromatic rings. The van der Waals surface area contributed by atoms with Gasteiger partial charge in [-0.15, -0.1) is 0 Å². The smallest absolute Gasteiger partial charge is 0.109 e. The minimum Gasteiger partial charge on any atom is -0.347 e. The number of hydrazine groups is 1. The van der Waals surface area contributed by atoms with Gasteiger partial charge in [0.25, 0.3) is 0 Å². The van der Waals surface area contributed by atoms with Crippen molar-refractivity contribution >= 4 is 6.34 Å². The molecule has 68 valence electrons. The zero-order valence-electron chi connectivity index (χ0n) is 7.78. The Morgan fingerprint density at radius 1 is 1.42 bits per heavy atom. The van der Waals surface area contributed by atoms with Gasteiger partial charge in [0.05, 0.1) is 12.4 Å². The molecule has 1 unspecified atom stereocenters. The molecule has 0 amide bonds. The zero-order valence-corrected chi connectivity index (χ0v) is 7.78. The van der Waals surface area contributed by atoms with E-state index in [-0.39, 0.29) is 0 Å². The van der Waals surface area contributed by atoms with Crippen molar-refractivity contribution in [1.82, 2.24) is 15.8 Å². The summed E-state index contributed by atoms with van der Waals surface area (Å²) in [6, 6.07) is 0.479. The first-order chi connectivity index (χ1) is 5.75. The van der Waals surface area contributed by atoms with Gasteiger partial charge in [-0.05, 0) is 13.8 Å². The number of allylic oxidation sites excluding steroid dienone is 1. The van der Waals surface area contributed by atoms with Gasteiger partial charge in [-0.3, -0.25) is 0 Å². The molecule has 1 rings (SSSR count). The minimum absolute atomic E-state index is 0.360. The summed E-state index contributed by atoms with van der Waals surface area (Å²) in [5, 5.41) is 0. The first kappa shape index (κ1) is 9.22. The molecule has 0 aromatic heterocycles. The number of nitrogens with one attached hydrogen (secondary N) is 2. The van der Waals surface area contributed by atoms with E-state index in [1.807, 2.05) is 31.3 Å². The van der Waals surface area contributed by atoms with Crippen LogP contribution in [0.4, 0.5) is 0 Å². The molecule has 2 atom stereocenters. The van der Waals surface area contributed by atoms with E-state index in [1.165, 1.54) is 0 Å². The molecule has 1 aliphatic heterocycles. The van der Waals surface area contributed by atoms with E-state index in [1.54, 1.807) is 6.20 Å². The van der Waals surface area contributed by atoms with Crippen LogP contribution in [0, 0.1) is 0 Å². The average molecular weight is 168 g/mol. The fourth-order valence-electron chi connectivity index (χ4n) is 1.08. The molecular formula is C8H16N4. The molecule has 0 aromatic carbocycles. The summed E-state index contributed by atoms with van der Waals surface area (Å²) in [7, 11) is 2.00. The van der Waals surface area contributed by atoms with Crippen LogP contribution in [0.2, 0.25) is 0 Å². The van der Waals surface area contributed by atoms with Crippen molar-refractivity contribution in [1.29, 1.82) is 0 Å². The van der Waals surface area contributed by atoms with Crippen molar-refractivity contribution in [2.45, 2.75) is 26.1 Å². The van der Waals surface area contributed by atoms with Gasteiger partial charge in [-0.2, -0.15) is 0 Å². The maximum atomic E-state index is 4.08. The van der Waals surface area contributed by atoms with Crippen LogP contribution in [0.25, 0.3) is 0 Å². The molecule has 1 heterocycles. The van der Waals surface area contributed by atoms with Crippen LogP contribution < -0.4 is 10.9 Å². The largest absolute Gasteiger partial charge is 0.347 e. The van der Waals surface area contributed by atoms with E-state index in [2.05, 4.69) is 22.8 Å². The highest BCUT2D eigenvalue weighted by molar-refractivity contribution is 5.56. The van der Waals surface area contributed by atoms with Crippen molar-refractivity contribution < 1.29 is 0 Å². The number of hydrogen-bond donors (Lipinski definition) is 2. The van der Waals surface area contributed by atoms with Crippen LogP contribution in [0.5, 0.6) is 0 Å². The molecule has 1 fully saturated rings. The van der Waals surface area contributed by atoms with Crippen molar-refractivity contribution in [2.75, 3.05) is 7.05 Å². The number of rotatable bonds is 3. The second-order valence-corrected chi connectivity index (χ2v) is 2.93. The van der Waals surface area contributed by atoms with Crippen LogP contribution in [-0.2, 0) is 0 Å². The highest BCUT2D eigenvalue weighted by Gasteiger charge is 2.27. The molecule has 4 nitrogen and oxygen atoms in total. The Morgan fingerprint density at radius 2 is 2.17 bits per heavy atom. The minimum atomic E-state index is 0.360. The Kier molecular flexibility index (Phi) is 3.25. The van der Waals surface area contributed by atoms with Gasteiger partial charge in [-0.1, -0.05) is 6.08 Å². The molecule has 0 saturated carbocycles. The molecular weight excluding hydrogens is 152 g/mol. The normalized spacial score (nSPS) is 29.6. The summed E-state index contributed by atoms with van der Waals surface area (Å²) in [6.07, 6.45) is 5.85. The first-order valence-corrected chi connectivity index (χ1v) is 4.13. The van der Waals surface area contributed by atoms with Crippen molar-refractivity contribution in [3.63, 3.8) is 0 Å². The van der Waals surface area contributed by atoms with Gasteiger partial charge in [-0.25, -0.2) is 15.8 Å². The van der Waals surface area contributed by atoms with E-state index >= 15 is 0 Å². The van der Waals surface area contributed by atoms with E-state index in [4.69, 9.17) is 0 Å². The van der Waals surface area contributed by atoms with Gasteiger partial charge in [0.1, 0.15) is 6.17 Å². The second-order valence-electron chi connectivity index (χ2n) is 2.93. The third-order valence-electron chi connectivity index (χ3n) is 1.86. The van der Waals surface area contributed by atoms with Gasteiger partial charge in [0.15, 0.2) is 0 Å². The van der Waals surface area contributed by atoms with E-state index in [9.17, 15) is 0 Å². The molecule has 1 aliphatic rings. The van der Waals surface area contributed by atoms with Crippen molar-refractivity contribution in [3.8, 4) is 0 Å². The lowest BCUT2D eigenvalue weighted by Crippen LogP contribution is -2.71. The number of hydrogen-bond acceptors (Lipinski definition) is 3. The van der Waals surface area contributed by atoms with Crippen molar-refractivity contribution in [3.05, 3.63) is 12.3 Å². The molecule has 12 heavy (non-hydrogen) atoms. The van der Waals surface area contributed by atoms with E-state index in [0.717, 1.165) is 0 Å². The predicted octanol–water partition coefficient (Wildman–Crippen LogP) is 0.302. The molecule has 0 spiro atoms. The monoisotopic (exact) mass is 168 g/mol. The highest BCUT2D eigenvalue weighted by Crippen LogP contribution is 2.02. The summed E-state index contributed by atoms with van der Waals surface area (Å²) >= 11 is 0. The van der Waals surface area contributed by atoms with Crippen molar-refractivity contribution in [2.24, 2.45) is 4.99 Å². The maximum Gasteiger partial charge on any atom is 0.109 e. The summed E-state index contributed by atoms with van der Waals surface area (Å²) < 4.78 is 0. The maximum absolute atomic E-state index is 4.08. The van der Waals surface area contributed by atoms with E-state index < -0.39 is 0 Å². The second kappa shape index (κ2) is 4.23. The third kappa shape index (κ3) is 2.06. The SMILES string of the molecule is C/C=C/N=CN(C)C1NN[C@@H]1C. The topological polar surface area (TPSA) is 39.7 Å². The number of aliphatic imine (C=N–C) groups is 1. The predicted molar refractivity (Wildman–Crippen MR) is 50.6 cm³/mol. The summed E-state index contributed by atoms with van der Waals surface area (Å²) in [5.74, 6) is 0. The molecule has 4 heteroatoms. The standard InChI is InChI=1S/C8H16N4/c1-4-5-9-6-12(3)8-7(2)10-11-8/h4-8,10-11H,1-3H3/b5-4+,9-6?/t7-,8?/m1/s1. The van der Waals surface area contributed by atoms with Gasteiger partial charge in [0, 0.05) is 13.2 Å². The molecule has 1 saturated heterocycles. The molecule has 0 aliphatic carbocycles. The van der Waals surface area contributed by atoms with Crippen LogP contribution in [-0.4, -0.2) is 30.5 Å². The Hall–Kier alpha value is -0.870. The van der Waals surface area contributed by atoms with Crippen LogP contribution >= 0.6 is 0 Å². The van der Waals surface area contributed by atoms with Gasteiger partial charge in [0.2, 0.25) is 0 Å². The van der Waals surface area contributed by atoms with Crippen LogP contribution in [0.15, 0.2) is 17.3 Å². The Balaban J connectivity index is 2.32. The summed E-state index contributed by atoms with van der Waals surface area (Å²) in [6.45, 7) is 4.07. The summed E-state index contributed by atoms with van der Waals surface area (Å²) in [4.78, 5) is 6.12. The van der Waals surface area contributed by atoms with Gasteiger partial charge >= 0.3 is 0 Å². The fraction of sp³-hybridized carbons (Fsp3) is 0.625. The molecule has 0 radical (unpaired) electrons. The lowest BCUT2D eigenvalue weighted by atomic mass is 10.2. The Morgan fingerprint density at radius 3 is 2.58 bits per heavy atom. The first-order valence-electron chi connectivity index (χ1n) is 4.13. The lowest BCUT2D eigenvalue weighted by Gasteiger charge is -2.41. The average Bonchev–Trinajstić information content (AvgIpc) is 2.02. The lowest BCUT2D eigenvalue weighted by molar-refractivity contribution is 0.116. The Labute approximate surface area is 73.3 Å². The van der Waals surface area contributed by atoms with Crippen LogP contribution in [0.1, 0.15) is 13.8 Å². The Bertz CT molecular complexity index is 187. The molecule has 0 bridgehead atoms. The number of nitrogens with zero attached hydrogens (tertiary/aromatic N) is 2. The zero-order chi connectivity index (χ0) is 8.97. The third-order valence-corrected chi connectivity index (χ3v) is 1.86. The quantitative estimate of drug-likeness (QED) is 0.470. The summed E-state index contributed by atoms with van der Waals surface area (Å²) in [5.41, 5.74) is 6.14. The highest BCUT2D eigenvalue weighted by atomic mass is 15.6. The fourth-order valence-corrected chi connectivity index (χ4v) is 1.08. The number of likely N-dealkylation sites (N-methyl/N-ethyl adjacent to an activating group) is 1. The molecule has 2 N–H and O–H groups in total.